The molecule has 0 bridgehead atoms. The van der Waals surface area contributed by atoms with Gasteiger partial charge in [-0.05, 0) is 36.4 Å². The van der Waals surface area contributed by atoms with E-state index in [0.717, 1.165) is 22.5 Å². The van der Waals surface area contributed by atoms with E-state index in [1.807, 2.05) is 12.1 Å². The Kier molecular flexibility index (Phi) is 5.45. The zero-order valence-electron chi connectivity index (χ0n) is 13.5. The highest BCUT2D eigenvalue weighted by Crippen LogP contribution is 2.32. The van der Waals surface area contributed by atoms with Gasteiger partial charge < -0.3 is 9.72 Å². The highest BCUT2D eigenvalue weighted by Gasteiger charge is 2.15. The second kappa shape index (κ2) is 7.94. The highest BCUT2D eigenvalue weighted by molar-refractivity contribution is 7.99. The number of H-pyrrole nitrogens is 1. The summed E-state index contributed by atoms with van der Waals surface area (Å²) in [5.41, 5.74) is 3.30. The van der Waals surface area contributed by atoms with Crippen LogP contribution in [-0.4, -0.2) is 33.8 Å². The molecule has 0 spiro atoms. The Morgan fingerprint density at radius 3 is 2.56 bits per heavy atom. The second-order valence-corrected chi connectivity index (χ2v) is 6.27. The number of carbonyl (C=O) groups excluding carboxylic acids is 1. The molecule has 25 heavy (non-hydrogen) atoms. The molecule has 2 aromatic heterocycles. The van der Waals surface area contributed by atoms with Gasteiger partial charge >= 0.3 is 5.97 Å². The maximum Gasteiger partial charge on any atom is 0.306 e. The zero-order valence-corrected chi connectivity index (χ0v) is 14.3. The molecule has 0 aliphatic carbocycles. The van der Waals surface area contributed by atoms with Crippen molar-refractivity contribution in [2.75, 3.05) is 12.9 Å². The predicted molar refractivity (Wildman–Crippen MR) is 94.6 cm³/mol. The molecule has 0 saturated heterocycles. The van der Waals surface area contributed by atoms with Crippen LogP contribution >= 0.6 is 11.8 Å². The summed E-state index contributed by atoms with van der Waals surface area (Å²) in [6, 6.07) is 9.96. The largest absolute Gasteiger partial charge is 0.469 e. The summed E-state index contributed by atoms with van der Waals surface area (Å²) in [6.07, 6.45) is 3.71. The molecular weight excluding hydrogens is 341 g/mol. The van der Waals surface area contributed by atoms with Gasteiger partial charge in [0.2, 0.25) is 0 Å². The van der Waals surface area contributed by atoms with Crippen molar-refractivity contribution in [3.05, 3.63) is 54.6 Å². The average molecular weight is 357 g/mol. The first-order valence-corrected chi connectivity index (χ1v) is 8.62. The first kappa shape index (κ1) is 17.2. The minimum absolute atomic E-state index is 0.257. The minimum atomic E-state index is -0.294. The number of imidazole rings is 1. The van der Waals surface area contributed by atoms with Gasteiger partial charge in [0, 0.05) is 29.3 Å². The van der Waals surface area contributed by atoms with Crippen molar-refractivity contribution in [1.29, 1.82) is 0 Å². The van der Waals surface area contributed by atoms with E-state index in [9.17, 15) is 9.18 Å². The number of thioether (sulfide) groups is 1. The van der Waals surface area contributed by atoms with Gasteiger partial charge in [-0.15, -0.1) is 0 Å². The van der Waals surface area contributed by atoms with Crippen LogP contribution in [0.25, 0.3) is 22.5 Å². The molecule has 2 heterocycles. The summed E-state index contributed by atoms with van der Waals surface area (Å²) in [7, 11) is 1.37. The molecule has 0 fully saturated rings. The van der Waals surface area contributed by atoms with Gasteiger partial charge in [-0.1, -0.05) is 11.8 Å². The Balaban J connectivity index is 1.91. The number of aromatic amines is 1. The smallest absolute Gasteiger partial charge is 0.306 e. The molecule has 5 nitrogen and oxygen atoms in total. The monoisotopic (exact) mass is 357 g/mol. The van der Waals surface area contributed by atoms with Crippen molar-refractivity contribution < 1.29 is 13.9 Å². The molecule has 0 unspecified atom stereocenters. The number of rotatable bonds is 6. The lowest BCUT2D eigenvalue weighted by atomic mass is 10.1. The Hall–Kier alpha value is -2.67. The first-order chi connectivity index (χ1) is 12.2. The summed E-state index contributed by atoms with van der Waals surface area (Å²) in [6.45, 7) is 0. The fraction of sp³-hybridized carbons (Fsp3) is 0.167. The number of methoxy groups -OCH3 is 1. The normalized spacial score (nSPS) is 10.6. The number of esters is 1. The number of nitrogens with one attached hydrogen (secondary N) is 1. The fourth-order valence-corrected chi connectivity index (χ4v) is 3.09. The van der Waals surface area contributed by atoms with Crippen molar-refractivity contribution in [2.45, 2.75) is 11.6 Å². The number of benzene rings is 1. The molecule has 0 amide bonds. The van der Waals surface area contributed by atoms with Crippen LogP contribution in [0.3, 0.4) is 0 Å². The number of hydrogen-bond donors (Lipinski definition) is 1. The van der Waals surface area contributed by atoms with Crippen LogP contribution in [0.4, 0.5) is 4.39 Å². The van der Waals surface area contributed by atoms with E-state index in [0.29, 0.717) is 17.3 Å². The molecule has 128 valence electrons. The SMILES string of the molecule is COC(=O)CCSc1nc(-c2ccc(F)cc2)c(-c2ccncc2)[nH]1. The van der Waals surface area contributed by atoms with Gasteiger partial charge in [-0.3, -0.25) is 9.78 Å². The molecular formula is C18H16FN3O2S. The number of halogens is 1. The standard InChI is InChI=1S/C18H16FN3O2S/c1-24-15(23)8-11-25-18-21-16(12-2-4-14(19)5-3-12)17(22-18)13-6-9-20-10-7-13/h2-7,9-10H,8,11H2,1H3,(H,21,22). The number of pyridine rings is 1. The van der Waals surface area contributed by atoms with Crippen molar-refractivity contribution in [3.8, 4) is 22.5 Å². The van der Waals surface area contributed by atoms with Crippen LogP contribution < -0.4 is 0 Å². The summed E-state index contributed by atoms with van der Waals surface area (Å²) in [5.74, 6) is 0.00309. The Morgan fingerprint density at radius 1 is 1.16 bits per heavy atom. The summed E-state index contributed by atoms with van der Waals surface area (Å²) in [4.78, 5) is 23.2. The molecule has 0 aliphatic rings. The van der Waals surface area contributed by atoms with Crippen LogP contribution in [0.1, 0.15) is 6.42 Å². The second-order valence-electron chi connectivity index (χ2n) is 5.18. The molecule has 3 rings (SSSR count). The van der Waals surface area contributed by atoms with Crippen LogP contribution in [0.15, 0.2) is 53.9 Å². The van der Waals surface area contributed by atoms with Crippen LogP contribution in [0.5, 0.6) is 0 Å². The number of carbonyl (C=O) groups is 1. The lowest BCUT2D eigenvalue weighted by Gasteiger charge is -2.02. The zero-order chi connectivity index (χ0) is 17.6. The fourth-order valence-electron chi connectivity index (χ4n) is 2.30. The lowest BCUT2D eigenvalue weighted by Crippen LogP contribution is -2.01. The molecule has 1 aromatic carbocycles. The third kappa shape index (κ3) is 4.24. The maximum absolute atomic E-state index is 13.2. The van der Waals surface area contributed by atoms with Crippen LogP contribution in [0, 0.1) is 5.82 Å². The number of nitrogens with zero attached hydrogens (tertiary/aromatic N) is 2. The van der Waals surface area contributed by atoms with Gasteiger partial charge in [-0.2, -0.15) is 0 Å². The molecule has 0 atom stereocenters. The summed E-state index contributed by atoms with van der Waals surface area (Å²) >= 11 is 1.43. The van der Waals surface area contributed by atoms with Crippen LogP contribution in [0.2, 0.25) is 0 Å². The van der Waals surface area contributed by atoms with Gasteiger partial charge in [0.05, 0.1) is 24.9 Å². The molecule has 0 saturated carbocycles. The van der Waals surface area contributed by atoms with E-state index in [1.165, 1.54) is 31.0 Å². The average Bonchev–Trinajstić information content (AvgIpc) is 3.07. The molecule has 0 radical (unpaired) electrons. The van der Waals surface area contributed by atoms with Gasteiger partial charge in [0.25, 0.3) is 0 Å². The van der Waals surface area contributed by atoms with Crippen molar-refractivity contribution in [3.63, 3.8) is 0 Å². The van der Waals surface area contributed by atoms with E-state index in [4.69, 9.17) is 0 Å². The third-order valence-electron chi connectivity index (χ3n) is 3.54. The number of hydrogen-bond acceptors (Lipinski definition) is 5. The molecule has 0 aliphatic heterocycles. The predicted octanol–water partition coefficient (Wildman–Crippen LogP) is 3.93. The van der Waals surface area contributed by atoms with Gasteiger partial charge in [0.15, 0.2) is 5.16 Å². The topological polar surface area (TPSA) is 67.9 Å². The third-order valence-corrected chi connectivity index (χ3v) is 4.42. The maximum atomic E-state index is 13.2. The highest BCUT2D eigenvalue weighted by atomic mass is 32.2. The molecule has 1 N–H and O–H groups in total. The number of ether oxygens (including phenoxy) is 1. The molecule has 7 heteroatoms. The Labute approximate surface area is 148 Å². The van der Waals surface area contributed by atoms with Gasteiger partial charge in [0.1, 0.15) is 5.82 Å². The summed E-state index contributed by atoms with van der Waals surface area (Å²) in [5, 5.41) is 0.690. The Morgan fingerprint density at radius 2 is 1.88 bits per heavy atom. The lowest BCUT2D eigenvalue weighted by molar-refractivity contribution is -0.140. The van der Waals surface area contributed by atoms with Crippen molar-refractivity contribution >= 4 is 17.7 Å². The minimum Gasteiger partial charge on any atom is -0.469 e. The van der Waals surface area contributed by atoms with E-state index in [2.05, 4.69) is 19.7 Å². The van der Waals surface area contributed by atoms with Crippen molar-refractivity contribution in [1.82, 2.24) is 15.0 Å². The van der Waals surface area contributed by atoms with Crippen LogP contribution in [-0.2, 0) is 9.53 Å². The molecule has 3 aromatic rings. The first-order valence-electron chi connectivity index (χ1n) is 7.63. The van der Waals surface area contributed by atoms with Crippen molar-refractivity contribution in [2.24, 2.45) is 0 Å². The van der Waals surface area contributed by atoms with E-state index in [1.54, 1.807) is 24.5 Å². The number of aromatic nitrogens is 3. The van der Waals surface area contributed by atoms with Gasteiger partial charge in [-0.25, -0.2) is 9.37 Å². The van der Waals surface area contributed by atoms with E-state index >= 15 is 0 Å². The van der Waals surface area contributed by atoms with E-state index < -0.39 is 0 Å². The quantitative estimate of drug-likeness (QED) is 0.535. The Bertz CT molecular complexity index is 851. The summed E-state index contributed by atoms with van der Waals surface area (Å²) < 4.78 is 17.9. The van der Waals surface area contributed by atoms with E-state index in [-0.39, 0.29) is 11.8 Å².